The molecule has 0 rings (SSSR count). The summed E-state index contributed by atoms with van der Waals surface area (Å²) in [5.41, 5.74) is 6.84. The third-order valence-electron chi connectivity index (χ3n) is 6.94. The van der Waals surface area contributed by atoms with Gasteiger partial charge in [-0.15, -0.1) is 0 Å². The Morgan fingerprint density at radius 3 is 0.656 bits per heavy atom. The van der Waals surface area contributed by atoms with Crippen molar-refractivity contribution in [2.24, 2.45) is 0 Å². The van der Waals surface area contributed by atoms with Crippen LogP contribution in [0, 0.1) is 0 Å². The van der Waals surface area contributed by atoms with Crippen molar-refractivity contribution in [2.45, 2.75) is 181 Å². The van der Waals surface area contributed by atoms with E-state index in [0.717, 1.165) is 13.1 Å². The lowest BCUT2D eigenvalue weighted by Gasteiger charge is -2.07. The predicted molar refractivity (Wildman–Crippen MR) is 147 cm³/mol. The predicted octanol–water partition coefficient (Wildman–Crippen LogP) is 10.3. The van der Waals surface area contributed by atoms with E-state index >= 15 is 0 Å². The van der Waals surface area contributed by atoms with E-state index < -0.39 is 0 Å². The summed E-state index contributed by atoms with van der Waals surface area (Å²) < 4.78 is 0. The normalized spacial score (nSPS) is 11.4. The highest BCUT2D eigenvalue weighted by Gasteiger charge is 1.95. The highest BCUT2D eigenvalue weighted by molar-refractivity contribution is 4.52. The number of hydrogen-bond acceptors (Lipinski definition) is 2. The Kier molecular flexibility index (Phi) is 30.8. The standard InChI is InChI=1S/C30H64N2/c1-3-5-7-9-11-13-15-17-19-21-23-25-27-29-31-32-30-28-26-24-22-20-18-16-14-12-10-8-6-4-2/h31-32H,3-30H2,1-2H3. The third-order valence-corrected chi connectivity index (χ3v) is 6.94. The van der Waals surface area contributed by atoms with Crippen molar-refractivity contribution in [3.63, 3.8) is 0 Å². The van der Waals surface area contributed by atoms with Crippen molar-refractivity contribution in [1.82, 2.24) is 10.9 Å². The van der Waals surface area contributed by atoms with Crippen LogP contribution in [-0.4, -0.2) is 13.1 Å². The molecule has 0 radical (unpaired) electrons. The fourth-order valence-corrected chi connectivity index (χ4v) is 4.64. The summed E-state index contributed by atoms with van der Waals surface area (Å²) in [6.45, 7) is 6.87. The molecule has 194 valence electrons. The van der Waals surface area contributed by atoms with Gasteiger partial charge in [0.1, 0.15) is 0 Å². The molecule has 0 heterocycles. The largest absolute Gasteiger partial charge is 0.258 e. The van der Waals surface area contributed by atoms with E-state index in [4.69, 9.17) is 0 Å². The molecule has 0 amide bonds. The zero-order valence-corrected chi connectivity index (χ0v) is 22.8. The van der Waals surface area contributed by atoms with Crippen LogP contribution in [0.1, 0.15) is 181 Å². The zero-order valence-electron chi connectivity index (χ0n) is 22.8. The van der Waals surface area contributed by atoms with Crippen molar-refractivity contribution >= 4 is 0 Å². The van der Waals surface area contributed by atoms with Crippen molar-refractivity contribution in [3.05, 3.63) is 0 Å². The van der Waals surface area contributed by atoms with Crippen LogP contribution in [0.25, 0.3) is 0 Å². The number of rotatable bonds is 29. The molecule has 0 aliphatic rings. The van der Waals surface area contributed by atoms with Gasteiger partial charge in [0.25, 0.3) is 0 Å². The van der Waals surface area contributed by atoms with E-state index in [1.165, 1.54) is 167 Å². The van der Waals surface area contributed by atoms with Gasteiger partial charge >= 0.3 is 0 Å². The molecular weight excluding hydrogens is 388 g/mol. The minimum atomic E-state index is 1.14. The molecule has 2 heteroatoms. The molecule has 0 atom stereocenters. The average Bonchev–Trinajstić information content (AvgIpc) is 2.81. The van der Waals surface area contributed by atoms with Crippen LogP contribution in [0.5, 0.6) is 0 Å². The maximum absolute atomic E-state index is 3.42. The van der Waals surface area contributed by atoms with Crippen LogP contribution in [0.15, 0.2) is 0 Å². The van der Waals surface area contributed by atoms with Crippen molar-refractivity contribution in [1.29, 1.82) is 0 Å². The highest BCUT2D eigenvalue weighted by atomic mass is 15.3. The summed E-state index contributed by atoms with van der Waals surface area (Å²) in [7, 11) is 0. The van der Waals surface area contributed by atoms with Crippen LogP contribution in [-0.2, 0) is 0 Å². The smallest absolute Gasteiger partial charge is 0.00997 e. The molecule has 0 saturated carbocycles. The number of hydrazine groups is 1. The SMILES string of the molecule is CCCCCCCCCCCCCCCNNCCCCCCCCCCCCCCC. The molecule has 0 saturated heterocycles. The molecular formula is C30H64N2. The third kappa shape index (κ3) is 29.9. The first-order valence-electron chi connectivity index (χ1n) is 15.4. The summed E-state index contributed by atoms with van der Waals surface area (Å²) >= 11 is 0. The quantitative estimate of drug-likeness (QED) is 0.0870. The lowest BCUT2D eigenvalue weighted by atomic mass is 10.0. The van der Waals surface area contributed by atoms with Gasteiger partial charge in [-0.3, -0.25) is 10.9 Å². The topological polar surface area (TPSA) is 24.1 Å². The molecule has 0 aliphatic heterocycles. The Balaban J connectivity index is 2.98. The average molecular weight is 453 g/mol. The summed E-state index contributed by atoms with van der Waals surface area (Å²) in [4.78, 5) is 0. The lowest BCUT2D eigenvalue weighted by molar-refractivity contribution is 0.476. The van der Waals surface area contributed by atoms with E-state index in [2.05, 4.69) is 24.7 Å². The van der Waals surface area contributed by atoms with Gasteiger partial charge in [-0.25, -0.2) is 0 Å². The minimum absolute atomic E-state index is 1.14. The Labute approximate surface area is 204 Å². The molecule has 0 aromatic carbocycles. The first-order chi connectivity index (χ1) is 15.9. The second-order valence-corrected chi connectivity index (χ2v) is 10.3. The second-order valence-electron chi connectivity index (χ2n) is 10.3. The van der Waals surface area contributed by atoms with E-state index in [0.29, 0.717) is 0 Å². The molecule has 0 bridgehead atoms. The summed E-state index contributed by atoms with van der Waals surface area (Å²) in [5.74, 6) is 0. The van der Waals surface area contributed by atoms with Crippen molar-refractivity contribution in [2.75, 3.05) is 13.1 Å². The Bertz CT molecular complexity index is 275. The fraction of sp³-hybridized carbons (Fsp3) is 1.00. The van der Waals surface area contributed by atoms with Gasteiger partial charge in [-0.1, -0.05) is 168 Å². The molecule has 0 fully saturated rings. The summed E-state index contributed by atoms with van der Waals surface area (Å²) in [6, 6.07) is 0. The molecule has 0 spiro atoms. The van der Waals surface area contributed by atoms with Gasteiger partial charge in [0.15, 0.2) is 0 Å². The summed E-state index contributed by atoms with van der Waals surface area (Å²) in [5, 5.41) is 0. The monoisotopic (exact) mass is 453 g/mol. The van der Waals surface area contributed by atoms with Gasteiger partial charge in [-0.05, 0) is 12.8 Å². The number of nitrogens with one attached hydrogen (secondary N) is 2. The van der Waals surface area contributed by atoms with E-state index in [1.54, 1.807) is 0 Å². The van der Waals surface area contributed by atoms with Gasteiger partial charge in [0, 0.05) is 13.1 Å². The fourth-order valence-electron chi connectivity index (χ4n) is 4.64. The highest BCUT2D eigenvalue weighted by Crippen LogP contribution is 2.13. The van der Waals surface area contributed by atoms with Crippen LogP contribution in [0.2, 0.25) is 0 Å². The maximum Gasteiger partial charge on any atom is 0.00997 e. The molecule has 0 aliphatic carbocycles. The van der Waals surface area contributed by atoms with Gasteiger partial charge in [0.05, 0.1) is 0 Å². The zero-order chi connectivity index (χ0) is 23.2. The molecule has 0 aromatic heterocycles. The van der Waals surface area contributed by atoms with Crippen LogP contribution in [0.3, 0.4) is 0 Å². The van der Waals surface area contributed by atoms with Gasteiger partial charge in [0.2, 0.25) is 0 Å². The molecule has 2 N–H and O–H groups in total. The lowest BCUT2D eigenvalue weighted by Crippen LogP contribution is -2.33. The minimum Gasteiger partial charge on any atom is -0.258 e. The Morgan fingerprint density at radius 1 is 0.250 bits per heavy atom. The first kappa shape index (κ1) is 31.9. The van der Waals surface area contributed by atoms with E-state index in [1.807, 2.05) is 0 Å². The number of hydrogen-bond donors (Lipinski definition) is 2. The molecule has 32 heavy (non-hydrogen) atoms. The van der Waals surface area contributed by atoms with Crippen LogP contribution in [0.4, 0.5) is 0 Å². The summed E-state index contributed by atoms with van der Waals surface area (Å²) in [6.07, 6.45) is 37.3. The Hall–Kier alpha value is -0.0800. The van der Waals surface area contributed by atoms with Crippen LogP contribution >= 0.6 is 0 Å². The van der Waals surface area contributed by atoms with Gasteiger partial charge < -0.3 is 0 Å². The van der Waals surface area contributed by atoms with E-state index in [9.17, 15) is 0 Å². The first-order valence-corrected chi connectivity index (χ1v) is 15.4. The van der Waals surface area contributed by atoms with Gasteiger partial charge in [-0.2, -0.15) is 0 Å². The second kappa shape index (κ2) is 30.9. The number of unbranched alkanes of at least 4 members (excludes halogenated alkanes) is 24. The van der Waals surface area contributed by atoms with Crippen molar-refractivity contribution < 1.29 is 0 Å². The van der Waals surface area contributed by atoms with Crippen LogP contribution < -0.4 is 10.9 Å². The van der Waals surface area contributed by atoms with E-state index in [-0.39, 0.29) is 0 Å². The Morgan fingerprint density at radius 2 is 0.438 bits per heavy atom. The molecule has 0 aromatic rings. The molecule has 0 unspecified atom stereocenters. The van der Waals surface area contributed by atoms with Crippen molar-refractivity contribution in [3.8, 4) is 0 Å². The maximum atomic E-state index is 3.42. The molecule has 2 nitrogen and oxygen atoms in total.